The van der Waals surface area contributed by atoms with E-state index in [-0.39, 0.29) is 6.10 Å². The van der Waals surface area contributed by atoms with Crippen molar-refractivity contribution in [3.8, 4) is 11.5 Å². The van der Waals surface area contributed by atoms with Crippen LogP contribution in [-0.2, 0) is 0 Å². The van der Waals surface area contributed by atoms with Crippen LogP contribution in [0.15, 0.2) is 24.3 Å². The van der Waals surface area contributed by atoms with E-state index in [2.05, 4.69) is 19.1 Å². The van der Waals surface area contributed by atoms with Crippen LogP contribution in [0, 0.1) is 0 Å². The van der Waals surface area contributed by atoms with Crippen molar-refractivity contribution < 1.29 is 9.47 Å². The molecule has 2 nitrogen and oxygen atoms in total. The van der Waals surface area contributed by atoms with Gasteiger partial charge in [0.2, 0.25) is 0 Å². The molecule has 1 aromatic rings. The van der Waals surface area contributed by atoms with E-state index in [9.17, 15) is 0 Å². The Hall–Kier alpha value is -1.44. The van der Waals surface area contributed by atoms with Crippen molar-refractivity contribution >= 4 is 6.08 Å². The predicted octanol–water partition coefficient (Wildman–Crippen LogP) is 2.88. The summed E-state index contributed by atoms with van der Waals surface area (Å²) in [5.74, 6) is 1.76. The first kappa shape index (κ1) is 9.13. The Labute approximate surface area is 84.2 Å². The molecule has 1 heterocycles. The third-order valence-electron chi connectivity index (χ3n) is 2.39. The molecular formula is C12H14O2. The summed E-state index contributed by atoms with van der Waals surface area (Å²) >= 11 is 0. The molecule has 0 radical (unpaired) electrons. The van der Waals surface area contributed by atoms with Gasteiger partial charge in [-0.3, -0.25) is 0 Å². The number of hydrogen-bond donors (Lipinski definition) is 0. The van der Waals surface area contributed by atoms with E-state index < -0.39 is 0 Å². The zero-order valence-electron chi connectivity index (χ0n) is 8.49. The van der Waals surface area contributed by atoms with Gasteiger partial charge in [0.25, 0.3) is 0 Å². The molecule has 0 aliphatic carbocycles. The average Bonchev–Trinajstić information content (AvgIpc) is 2.27. The van der Waals surface area contributed by atoms with Gasteiger partial charge in [0, 0.05) is 11.6 Å². The second kappa shape index (κ2) is 3.74. The molecular weight excluding hydrogens is 176 g/mol. The molecule has 14 heavy (non-hydrogen) atoms. The van der Waals surface area contributed by atoms with Crippen molar-refractivity contribution in [2.24, 2.45) is 0 Å². The molecule has 2 rings (SSSR count). The van der Waals surface area contributed by atoms with Crippen LogP contribution in [0.25, 0.3) is 6.08 Å². The van der Waals surface area contributed by atoms with Crippen LogP contribution < -0.4 is 9.47 Å². The summed E-state index contributed by atoms with van der Waals surface area (Å²) in [6.45, 7) is 2.11. The Morgan fingerprint density at radius 2 is 2.29 bits per heavy atom. The molecule has 0 spiro atoms. The molecule has 0 saturated carbocycles. The molecule has 1 aromatic carbocycles. The summed E-state index contributed by atoms with van der Waals surface area (Å²) in [5, 5.41) is 0. The summed E-state index contributed by atoms with van der Waals surface area (Å²) in [6.07, 6.45) is 5.39. The number of benzene rings is 1. The van der Waals surface area contributed by atoms with Crippen molar-refractivity contribution in [2.45, 2.75) is 19.4 Å². The van der Waals surface area contributed by atoms with Gasteiger partial charge < -0.3 is 9.47 Å². The Morgan fingerprint density at radius 1 is 1.43 bits per heavy atom. The maximum Gasteiger partial charge on any atom is 0.131 e. The fourth-order valence-corrected chi connectivity index (χ4v) is 1.51. The molecule has 1 aliphatic rings. The number of fused-ring (bicyclic) bond motifs is 1. The van der Waals surface area contributed by atoms with Crippen LogP contribution >= 0.6 is 0 Å². The molecule has 1 aliphatic heterocycles. The number of ether oxygens (including phenoxy) is 2. The van der Waals surface area contributed by atoms with E-state index in [4.69, 9.17) is 9.47 Å². The minimum atomic E-state index is 0.203. The Bertz CT molecular complexity index is 355. The maximum atomic E-state index is 5.76. The minimum absolute atomic E-state index is 0.203. The third-order valence-corrected chi connectivity index (χ3v) is 2.39. The van der Waals surface area contributed by atoms with Crippen molar-refractivity contribution in [3.05, 3.63) is 29.8 Å². The highest BCUT2D eigenvalue weighted by molar-refractivity contribution is 5.61. The Morgan fingerprint density at radius 3 is 3.00 bits per heavy atom. The Kier molecular flexibility index (Phi) is 2.44. The van der Waals surface area contributed by atoms with Gasteiger partial charge in [0.15, 0.2) is 0 Å². The topological polar surface area (TPSA) is 18.5 Å². The van der Waals surface area contributed by atoms with Gasteiger partial charge in [-0.25, -0.2) is 0 Å². The number of hydrogen-bond acceptors (Lipinski definition) is 2. The molecule has 1 atom stereocenters. The van der Waals surface area contributed by atoms with Crippen LogP contribution in [0.4, 0.5) is 0 Å². The largest absolute Gasteiger partial charge is 0.497 e. The van der Waals surface area contributed by atoms with Crippen LogP contribution in [0.3, 0.4) is 0 Å². The van der Waals surface area contributed by atoms with Crippen molar-refractivity contribution in [2.75, 3.05) is 7.11 Å². The van der Waals surface area contributed by atoms with Crippen LogP contribution in [0.2, 0.25) is 0 Å². The number of rotatable bonds is 2. The SMILES string of the molecule is CC[C@H]1C=Cc2ccc(OC)cc2O1. The van der Waals surface area contributed by atoms with Gasteiger partial charge in [-0.1, -0.05) is 13.0 Å². The highest BCUT2D eigenvalue weighted by Gasteiger charge is 2.13. The monoisotopic (exact) mass is 190 g/mol. The van der Waals surface area contributed by atoms with Gasteiger partial charge in [-0.2, -0.15) is 0 Å². The summed E-state index contributed by atoms with van der Waals surface area (Å²) in [4.78, 5) is 0. The highest BCUT2D eigenvalue weighted by Crippen LogP contribution is 2.30. The fourth-order valence-electron chi connectivity index (χ4n) is 1.51. The van der Waals surface area contributed by atoms with Crippen molar-refractivity contribution in [3.63, 3.8) is 0 Å². The summed E-state index contributed by atoms with van der Waals surface area (Å²) in [6, 6.07) is 5.89. The van der Waals surface area contributed by atoms with Gasteiger partial charge in [-0.05, 0) is 24.6 Å². The van der Waals surface area contributed by atoms with Gasteiger partial charge in [0.05, 0.1) is 7.11 Å². The predicted molar refractivity (Wildman–Crippen MR) is 56.7 cm³/mol. The summed E-state index contributed by atoms with van der Waals surface area (Å²) in [5.41, 5.74) is 1.12. The molecule has 0 bridgehead atoms. The van der Waals surface area contributed by atoms with Gasteiger partial charge in [-0.15, -0.1) is 0 Å². The molecule has 0 fully saturated rings. The van der Waals surface area contributed by atoms with Crippen LogP contribution in [-0.4, -0.2) is 13.2 Å². The van der Waals surface area contributed by atoms with E-state index in [1.165, 1.54) is 0 Å². The molecule has 2 heteroatoms. The lowest BCUT2D eigenvalue weighted by Crippen LogP contribution is -2.15. The normalized spacial score (nSPS) is 18.6. The van der Waals surface area contributed by atoms with E-state index in [1.54, 1.807) is 7.11 Å². The zero-order valence-corrected chi connectivity index (χ0v) is 8.49. The van der Waals surface area contributed by atoms with E-state index >= 15 is 0 Å². The van der Waals surface area contributed by atoms with E-state index in [0.717, 1.165) is 23.5 Å². The fraction of sp³-hybridized carbons (Fsp3) is 0.333. The summed E-state index contributed by atoms with van der Waals surface area (Å²) in [7, 11) is 1.66. The number of methoxy groups -OCH3 is 1. The molecule has 0 unspecified atom stereocenters. The van der Waals surface area contributed by atoms with E-state index in [1.807, 2.05) is 18.2 Å². The van der Waals surface area contributed by atoms with Crippen LogP contribution in [0.5, 0.6) is 11.5 Å². The molecule has 0 aromatic heterocycles. The van der Waals surface area contributed by atoms with Gasteiger partial charge >= 0.3 is 0 Å². The first-order valence-electron chi connectivity index (χ1n) is 4.86. The second-order valence-electron chi connectivity index (χ2n) is 3.33. The third kappa shape index (κ3) is 1.60. The molecule has 74 valence electrons. The van der Waals surface area contributed by atoms with Crippen molar-refractivity contribution in [1.82, 2.24) is 0 Å². The average molecular weight is 190 g/mol. The Balaban J connectivity index is 2.32. The smallest absolute Gasteiger partial charge is 0.131 e. The first-order valence-corrected chi connectivity index (χ1v) is 4.86. The second-order valence-corrected chi connectivity index (χ2v) is 3.33. The minimum Gasteiger partial charge on any atom is -0.497 e. The molecule has 0 N–H and O–H groups in total. The van der Waals surface area contributed by atoms with Gasteiger partial charge in [0.1, 0.15) is 17.6 Å². The maximum absolute atomic E-state index is 5.76. The lowest BCUT2D eigenvalue weighted by Gasteiger charge is -2.20. The lowest BCUT2D eigenvalue weighted by molar-refractivity contribution is 0.240. The highest BCUT2D eigenvalue weighted by atomic mass is 16.5. The molecule has 0 saturated heterocycles. The quantitative estimate of drug-likeness (QED) is 0.714. The van der Waals surface area contributed by atoms with Crippen LogP contribution in [0.1, 0.15) is 18.9 Å². The van der Waals surface area contributed by atoms with Crippen molar-refractivity contribution in [1.29, 1.82) is 0 Å². The lowest BCUT2D eigenvalue weighted by atomic mass is 10.1. The standard InChI is InChI=1S/C12H14O2/c1-3-10-6-4-9-5-7-11(13-2)8-12(9)14-10/h4-8,10H,3H2,1-2H3/t10-/m0/s1. The van der Waals surface area contributed by atoms with E-state index in [0.29, 0.717) is 0 Å². The zero-order chi connectivity index (χ0) is 9.97. The summed E-state index contributed by atoms with van der Waals surface area (Å²) < 4.78 is 10.9. The first-order chi connectivity index (χ1) is 6.83. The molecule has 0 amide bonds.